The Kier molecular flexibility index (Phi) is 3.83. The van der Waals surface area contributed by atoms with Gasteiger partial charge in [0.2, 0.25) is 11.9 Å². The number of hydrogen-bond acceptors (Lipinski definition) is 8. The summed E-state index contributed by atoms with van der Waals surface area (Å²) in [5, 5.41) is 13.8. The van der Waals surface area contributed by atoms with Gasteiger partial charge in [-0.25, -0.2) is 10.1 Å². The molecule has 5 rings (SSSR count). The zero-order chi connectivity index (χ0) is 19.3. The second-order valence-electron chi connectivity index (χ2n) is 6.73. The lowest BCUT2D eigenvalue weighted by Gasteiger charge is -2.21. The quantitative estimate of drug-likeness (QED) is 0.645. The van der Waals surface area contributed by atoms with Gasteiger partial charge in [-0.1, -0.05) is 12.1 Å². The SMILES string of the molecule is CC1Cc2cc3c(cc2C(c2ccc(N)cc2)=NN1c1n[nH]c(=O)s1)OCO3. The van der Waals surface area contributed by atoms with Crippen LogP contribution in [0.5, 0.6) is 11.5 Å². The first kappa shape index (κ1) is 16.8. The van der Waals surface area contributed by atoms with Gasteiger partial charge < -0.3 is 15.2 Å². The third kappa shape index (κ3) is 2.80. The number of ether oxygens (including phenoxy) is 2. The molecule has 0 bridgehead atoms. The fraction of sp³-hybridized carbons (Fsp3) is 0.211. The van der Waals surface area contributed by atoms with E-state index in [0.717, 1.165) is 39.5 Å². The molecule has 2 aliphatic heterocycles. The molecule has 0 aliphatic carbocycles. The van der Waals surface area contributed by atoms with E-state index in [-0.39, 0.29) is 17.7 Å². The second-order valence-corrected chi connectivity index (χ2v) is 7.67. The van der Waals surface area contributed by atoms with Crippen LogP contribution in [-0.4, -0.2) is 28.7 Å². The van der Waals surface area contributed by atoms with Gasteiger partial charge in [0, 0.05) is 16.8 Å². The highest BCUT2D eigenvalue weighted by molar-refractivity contribution is 7.13. The van der Waals surface area contributed by atoms with Crippen molar-refractivity contribution in [1.29, 1.82) is 0 Å². The molecule has 8 nitrogen and oxygen atoms in total. The van der Waals surface area contributed by atoms with E-state index in [9.17, 15) is 4.79 Å². The van der Waals surface area contributed by atoms with Crippen LogP contribution in [0.4, 0.5) is 10.8 Å². The highest BCUT2D eigenvalue weighted by Crippen LogP contribution is 2.38. The number of anilines is 2. The van der Waals surface area contributed by atoms with Gasteiger partial charge in [-0.2, -0.15) is 5.10 Å². The van der Waals surface area contributed by atoms with Crippen LogP contribution < -0.4 is 25.1 Å². The number of benzene rings is 2. The Balaban J connectivity index is 1.72. The Hall–Kier alpha value is -3.33. The van der Waals surface area contributed by atoms with E-state index in [1.165, 1.54) is 0 Å². The Labute approximate surface area is 164 Å². The van der Waals surface area contributed by atoms with Gasteiger partial charge in [-0.3, -0.25) is 4.79 Å². The van der Waals surface area contributed by atoms with Crippen molar-refractivity contribution in [2.75, 3.05) is 17.5 Å². The molecule has 3 aromatic rings. The van der Waals surface area contributed by atoms with Crippen LogP contribution in [0, 0.1) is 0 Å². The molecule has 1 unspecified atom stereocenters. The molecule has 2 aromatic carbocycles. The van der Waals surface area contributed by atoms with Crippen molar-refractivity contribution in [3.05, 3.63) is 62.8 Å². The van der Waals surface area contributed by atoms with E-state index < -0.39 is 0 Å². The highest BCUT2D eigenvalue weighted by atomic mass is 32.1. The van der Waals surface area contributed by atoms with Crippen LogP contribution in [0.1, 0.15) is 23.6 Å². The zero-order valence-corrected chi connectivity index (χ0v) is 15.8. The first-order valence-corrected chi connectivity index (χ1v) is 9.62. The number of nitrogens with two attached hydrogens (primary N) is 1. The molecule has 1 atom stereocenters. The fourth-order valence-corrected chi connectivity index (χ4v) is 4.11. The van der Waals surface area contributed by atoms with Gasteiger partial charge in [0.25, 0.3) is 0 Å². The fourth-order valence-electron chi connectivity index (χ4n) is 3.44. The molecule has 0 saturated carbocycles. The van der Waals surface area contributed by atoms with Crippen LogP contribution in [0.2, 0.25) is 0 Å². The molecule has 0 radical (unpaired) electrons. The Morgan fingerprint density at radius 3 is 2.68 bits per heavy atom. The molecule has 0 spiro atoms. The maximum atomic E-state index is 11.6. The summed E-state index contributed by atoms with van der Waals surface area (Å²) < 4.78 is 11.1. The maximum absolute atomic E-state index is 11.6. The minimum absolute atomic E-state index is 0.00986. The zero-order valence-electron chi connectivity index (χ0n) is 15.0. The molecule has 0 amide bonds. The molecular formula is C19H17N5O3S. The average molecular weight is 395 g/mol. The summed E-state index contributed by atoms with van der Waals surface area (Å²) in [6, 6.07) is 11.5. The predicted molar refractivity (Wildman–Crippen MR) is 107 cm³/mol. The number of hydrazone groups is 1. The normalized spacial score (nSPS) is 17.8. The van der Waals surface area contributed by atoms with Crippen LogP contribution in [0.25, 0.3) is 0 Å². The number of nitrogens with zero attached hydrogens (tertiary/aromatic N) is 3. The lowest BCUT2D eigenvalue weighted by atomic mass is 9.94. The molecule has 0 saturated heterocycles. The third-order valence-electron chi connectivity index (χ3n) is 4.80. The second kappa shape index (κ2) is 6.38. The van der Waals surface area contributed by atoms with E-state index in [2.05, 4.69) is 17.1 Å². The first-order chi connectivity index (χ1) is 13.6. The van der Waals surface area contributed by atoms with E-state index >= 15 is 0 Å². The lowest BCUT2D eigenvalue weighted by Crippen LogP contribution is -2.29. The lowest BCUT2D eigenvalue weighted by molar-refractivity contribution is 0.174. The minimum atomic E-state index is -0.214. The Morgan fingerprint density at radius 1 is 1.21 bits per heavy atom. The summed E-state index contributed by atoms with van der Waals surface area (Å²) in [4.78, 5) is 11.4. The smallest absolute Gasteiger partial charge is 0.324 e. The molecule has 142 valence electrons. The average Bonchev–Trinajstić information content (AvgIpc) is 3.28. The maximum Gasteiger partial charge on any atom is 0.324 e. The van der Waals surface area contributed by atoms with Gasteiger partial charge in [0.1, 0.15) is 0 Å². The van der Waals surface area contributed by atoms with Crippen molar-refractivity contribution in [1.82, 2.24) is 10.2 Å². The van der Waals surface area contributed by atoms with Crippen molar-refractivity contribution in [2.24, 2.45) is 5.10 Å². The molecular weight excluding hydrogens is 378 g/mol. The number of rotatable bonds is 2. The van der Waals surface area contributed by atoms with Crippen molar-refractivity contribution >= 4 is 27.9 Å². The van der Waals surface area contributed by atoms with E-state index in [0.29, 0.717) is 23.0 Å². The van der Waals surface area contributed by atoms with Gasteiger partial charge in [-0.05, 0) is 54.5 Å². The molecule has 0 fully saturated rings. The Bertz CT molecular complexity index is 1140. The van der Waals surface area contributed by atoms with Crippen molar-refractivity contribution < 1.29 is 9.47 Å². The summed E-state index contributed by atoms with van der Waals surface area (Å²) in [6.45, 7) is 2.27. The molecule has 2 aliphatic rings. The highest BCUT2D eigenvalue weighted by Gasteiger charge is 2.28. The first-order valence-electron chi connectivity index (χ1n) is 8.80. The summed E-state index contributed by atoms with van der Waals surface area (Å²) in [7, 11) is 0. The monoisotopic (exact) mass is 395 g/mol. The van der Waals surface area contributed by atoms with Gasteiger partial charge in [0.15, 0.2) is 11.5 Å². The van der Waals surface area contributed by atoms with E-state index in [4.69, 9.17) is 20.3 Å². The molecule has 1 aromatic heterocycles. The number of fused-ring (bicyclic) bond motifs is 2. The number of nitrogens with one attached hydrogen (secondary N) is 1. The number of hydrogen-bond donors (Lipinski definition) is 2. The third-order valence-corrected chi connectivity index (χ3v) is 5.54. The molecule has 28 heavy (non-hydrogen) atoms. The van der Waals surface area contributed by atoms with Gasteiger partial charge in [-0.15, -0.1) is 5.10 Å². The van der Waals surface area contributed by atoms with Gasteiger partial charge in [0.05, 0.1) is 11.8 Å². The Morgan fingerprint density at radius 2 is 1.96 bits per heavy atom. The predicted octanol–water partition coefficient (Wildman–Crippen LogP) is 2.35. The van der Waals surface area contributed by atoms with Crippen molar-refractivity contribution in [2.45, 2.75) is 19.4 Å². The number of H-pyrrole nitrogens is 1. The van der Waals surface area contributed by atoms with Crippen LogP contribution in [0.15, 0.2) is 46.3 Å². The summed E-state index contributed by atoms with van der Waals surface area (Å²) >= 11 is 1.03. The number of aromatic nitrogens is 2. The summed E-state index contributed by atoms with van der Waals surface area (Å²) in [5.74, 6) is 1.44. The summed E-state index contributed by atoms with van der Waals surface area (Å²) in [6.07, 6.45) is 0.710. The van der Waals surface area contributed by atoms with E-state index in [1.807, 2.05) is 36.4 Å². The van der Waals surface area contributed by atoms with Crippen LogP contribution in [-0.2, 0) is 6.42 Å². The minimum Gasteiger partial charge on any atom is -0.454 e. The van der Waals surface area contributed by atoms with Gasteiger partial charge >= 0.3 is 4.87 Å². The van der Waals surface area contributed by atoms with Crippen molar-refractivity contribution in [3.8, 4) is 11.5 Å². The van der Waals surface area contributed by atoms with Crippen molar-refractivity contribution in [3.63, 3.8) is 0 Å². The van der Waals surface area contributed by atoms with Crippen LogP contribution >= 0.6 is 11.3 Å². The largest absolute Gasteiger partial charge is 0.454 e. The molecule has 3 heterocycles. The van der Waals surface area contributed by atoms with E-state index in [1.54, 1.807) is 5.01 Å². The topological polar surface area (TPSA) is 106 Å². The molecule has 3 N–H and O–H groups in total. The number of nitrogen functional groups attached to an aromatic ring is 1. The van der Waals surface area contributed by atoms with Crippen LogP contribution in [0.3, 0.4) is 0 Å². The number of aromatic amines is 1. The summed E-state index contributed by atoms with van der Waals surface area (Å²) in [5.41, 5.74) is 10.3. The standard InChI is InChI=1S/C19H17N5O3S/c1-10-6-12-7-15-16(27-9-26-15)8-14(12)17(11-2-4-13(20)5-3-11)23-24(10)18-21-22-19(25)28-18/h2-5,7-8,10H,6,9,20H2,1H3,(H,22,25). The molecule has 9 heteroatoms.